The highest BCUT2D eigenvalue weighted by molar-refractivity contribution is 4.31. The smallest absolute Gasteiger partial charge is 0.198 e. The highest BCUT2D eigenvalue weighted by Crippen LogP contribution is 2.28. The Morgan fingerprint density at radius 1 is 0.900 bits per heavy atom. The molecule has 0 aliphatic heterocycles. The van der Waals surface area contributed by atoms with E-state index in [1.54, 1.807) is 0 Å². The predicted octanol–water partition coefficient (Wildman–Crippen LogP) is 1.97. The molecule has 0 amide bonds. The molecule has 8 heteroatoms. The van der Waals surface area contributed by atoms with Crippen molar-refractivity contribution >= 4 is 0 Å². The molecule has 10 heavy (non-hydrogen) atoms. The minimum absolute atomic E-state index is 1.54. The molecule has 0 radical (unpaired) electrons. The molecule has 0 aromatic heterocycles. The normalized spacial score (nSPS) is 13.8. The predicted molar refractivity (Wildman–Crippen MR) is 14.3 cm³/mol. The van der Waals surface area contributed by atoms with Crippen LogP contribution in [0.1, 0.15) is 0 Å². The lowest BCUT2D eigenvalue weighted by Gasteiger charge is -2.11. The average molecular weight is 170 g/mol. The van der Waals surface area contributed by atoms with Crippen LogP contribution in [0.2, 0.25) is 0 Å². The van der Waals surface area contributed by atoms with E-state index in [1.807, 2.05) is 4.74 Å². The van der Waals surface area contributed by atoms with E-state index in [9.17, 15) is 26.5 Å². The molecule has 0 spiro atoms. The topological polar surface area (TPSA) is 18.5 Å². The maximum absolute atomic E-state index is 11.1. The molecule has 0 unspecified atom stereocenters. The second-order valence-corrected chi connectivity index (χ2v) is 1.09. The Morgan fingerprint density at radius 2 is 1.30 bits per heavy atom. The van der Waals surface area contributed by atoms with Gasteiger partial charge in [0.05, 0.1) is 0 Å². The van der Waals surface area contributed by atoms with E-state index in [-0.39, 0.29) is 0 Å². The van der Waals surface area contributed by atoms with E-state index in [4.69, 9.17) is 0 Å². The van der Waals surface area contributed by atoms with Gasteiger partial charge in [-0.15, -0.1) is 22.0 Å². The lowest BCUT2D eigenvalue weighted by molar-refractivity contribution is -0.537. The van der Waals surface area contributed by atoms with Crippen LogP contribution < -0.4 is 0 Å². The Kier molecular flexibility index (Phi) is 2.49. The SMILES string of the molecule is FOC(F)(F)OC(F)(F)F. The summed E-state index contributed by atoms with van der Waals surface area (Å²) >= 11 is 0. The molecule has 0 rings (SSSR count). The van der Waals surface area contributed by atoms with Gasteiger partial charge < -0.3 is 0 Å². The van der Waals surface area contributed by atoms with E-state index in [0.717, 1.165) is 0 Å². The number of alkyl halides is 5. The molecular weight excluding hydrogens is 170 g/mol. The summed E-state index contributed by atoms with van der Waals surface area (Å²) in [5, 5.41) is 0. The van der Waals surface area contributed by atoms with Crippen LogP contribution in [0.5, 0.6) is 0 Å². The average Bonchev–Trinajstić information content (AvgIpc) is 1.60. The van der Waals surface area contributed by atoms with Gasteiger partial charge in [-0.1, -0.05) is 4.94 Å². The van der Waals surface area contributed by atoms with Crippen LogP contribution >= 0.6 is 0 Å². The highest BCUT2D eigenvalue weighted by Gasteiger charge is 2.47. The summed E-state index contributed by atoms with van der Waals surface area (Å²) in [6, 6.07) is 0. The molecule has 0 saturated carbocycles. The van der Waals surface area contributed by atoms with Gasteiger partial charge in [-0.05, 0) is 4.53 Å². The van der Waals surface area contributed by atoms with Gasteiger partial charge in [-0.3, -0.25) is 0 Å². The van der Waals surface area contributed by atoms with Crippen molar-refractivity contribution in [1.29, 1.82) is 0 Å². The molecule has 0 aliphatic rings. The van der Waals surface area contributed by atoms with E-state index < -0.39 is 12.7 Å². The maximum atomic E-state index is 11.1. The van der Waals surface area contributed by atoms with E-state index >= 15 is 0 Å². The molecule has 0 heterocycles. The Bertz CT molecular complexity index is 107. The van der Waals surface area contributed by atoms with Crippen LogP contribution in [-0.4, -0.2) is 12.7 Å². The molecule has 0 fully saturated rings. The molecule has 0 aliphatic carbocycles. The molecule has 0 saturated heterocycles. The number of rotatable bonds is 2. The molecule has 2 nitrogen and oxygen atoms in total. The molecule has 0 N–H and O–H groups in total. The largest absolute Gasteiger partial charge is 0.529 e. The molecule has 0 aromatic carbocycles. The first-order chi connectivity index (χ1) is 4.27. The first kappa shape index (κ1) is 9.50. The van der Waals surface area contributed by atoms with Gasteiger partial charge in [0, 0.05) is 0 Å². The van der Waals surface area contributed by atoms with Crippen molar-refractivity contribution in [2.45, 2.75) is 12.7 Å². The van der Waals surface area contributed by atoms with E-state index in [0.29, 0.717) is 0 Å². The summed E-state index contributed by atoms with van der Waals surface area (Å²) < 4.78 is 66.9. The molecular formula is C2F6O2. The van der Waals surface area contributed by atoms with Crippen LogP contribution in [0.3, 0.4) is 0 Å². The Balaban J connectivity index is 3.89. The lowest BCUT2D eigenvalue weighted by atomic mass is 11.2. The van der Waals surface area contributed by atoms with Gasteiger partial charge in [0.1, 0.15) is 0 Å². The van der Waals surface area contributed by atoms with Crippen LogP contribution in [-0.2, 0) is 9.68 Å². The van der Waals surface area contributed by atoms with Crippen LogP contribution in [0.15, 0.2) is 0 Å². The second-order valence-electron chi connectivity index (χ2n) is 1.09. The monoisotopic (exact) mass is 170 g/mol. The van der Waals surface area contributed by atoms with Gasteiger partial charge in [0.25, 0.3) is 0 Å². The third kappa shape index (κ3) is 4.39. The summed E-state index contributed by atoms with van der Waals surface area (Å²) in [6.45, 7) is 0. The van der Waals surface area contributed by atoms with Crippen molar-refractivity contribution in [3.8, 4) is 0 Å². The van der Waals surface area contributed by atoms with Crippen molar-refractivity contribution in [3.05, 3.63) is 0 Å². The molecule has 62 valence electrons. The molecule has 0 atom stereocenters. The first-order valence-corrected chi connectivity index (χ1v) is 1.71. The van der Waals surface area contributed by atoms with Crippen molar-refractivity contribution in [1.82, 2.24) is 0 Å². The number of halogens is 6. The highest BCUT2D eigenvalue weighted by atomic mass is 19.4. The van der Waals surface area contributed by atoms with Gasteiger partial charge >= 0.3 is 12.7 Å². The lowest BCUT2D eigenvalue weighted by Crippen LogP contribution is -2.30. The van der Waals surface area contributed by atoms with Crippen molar-refractivity contribution in [2.24, 2.45) is 0 Å². The van der Waals surface area contributed by atoms with Crippen molar-refractivity contribution < 1.29 is 36.2 Å². The Labute approximate surface area is 50.2 Å². The fourth-order valence-electron chi connectivity index (χ4n) is 0.150. The van der Waals surface area contributed by atoms with Crippen LogP contribution in [0.25, 0.3) is 0 Å². The van der Waals surface area contributed by atoms with Gasteiger partial charge in [-0.25, -0.2) is 0 Å². The third-order valence-electron chi connectivity index (χ3n) is 0.324. The fraction of sp³-hybridized carbons (Fsp3) is 1.00. The standard InChI is InChI=1S/C2F6O2/c3-1(4,5)9-2(6,7)10-8. The van der Waals surface area contributed by atoms with Gasteiger partial charge in [0.2, 0.25) is 0 Å². The zero-order valence-corrected chi connectivity index (χ0v) is 4.08. The molecule has 0 bridgehead atoms. The van der Waals surface area contributed by atoms with Crippen molar-refractivity contribution in [2.75, 3.05) is 0 Å². The summed E-state index contributed by atoms with van der Waals surface area (Å²) in [6.07, 6.45) is -10.9. The minimum Gasteiger partial charge on any atom is -0.198 e. The fourth-order valence-corrected chi connectivity index (χ4v) is 0.150. The van der Waals surface area contributed by atoms with Crippen molar-refractivity contribution in [3.63, 3.8) is 0 Å². The number of hydrogen-bond acceptors (Lipinski definition) is 2. The zero-order valence-electron chi connectivity index (χ0n) is 4.08. The molecule has 0 aromatic rings. The summed E-state index contributed by atoms with van der Waals surface area (Å²) in [4.78, 5) is 1.54. The minimum atomic E-state index is -5.63. The summed E-state index contributed by atoms with van der Waals surface area (Å²) in [7, 11) is 0. The second kappa shape index (κ2) is 2.62. The van der Waals surface area contributed by atoms with Crippen LogP contribution in [0.4, 0.5) is 26.5 Å². The van der Waals surface area contributed by atoms with E-state index in [2.05, 4.69) is 0 Å². The summed E-state index contributed by atoms with van der Waals surface area (Å²) in [5.74, 6) is 0. The van der Waals surface area contributed by atoms with E-state index in [1.165, 1.54) is 4.94 Å². The number of ether oxygens (including phenoxy) is 1. The number of hydrogen-bond donors (Lipinski definition) is 0. The maximum Gasteiger partial charge on any atom is 0.529 e. The quantitative estimate of drug-likeness (QED) is 0.465. The first-order valence-electron chi connectivity index (χ1n) is 1.71. The Morgan fingerprint density at radius 3 is 1.40 bits per heavy atom. The van der Waals surface area contributed by atoms with Gasteiger partial charge in [0.15, 0.2) is 0 Å². The van der Waals surface area contributed by atoms with Gasteiger partial charge in [-0.2, -0.15) is 4.74 Å². The zero-order chi connectivity index (χ0) is 8.41. The third-order valence-corrected chi connectivity index (χ3v) is 0.324. The Hall–Kier alpha value is -0.500. The summed E-state index contributed by atoms with van der Waals surface area (Å²) in [5.41, 5.74) is 0. The van der Waals surface area contributed by atoms with Crippen LogP contribution in [0, 0.1) is 0 Å².